The van der Waals surface area contributed by atoms with E-state index in [1.54, 1.807) is 6.07 Å². The van der Waals surface area contributed by atoms with Crippen molar-refractivity contribution in [3.05, 3.63) is 41.2 Å². The Bertz CT molecular complexity index is 411. The molecule has 1 aromatic rings. The Labute approximate surface area is 109 Å². The van der Waals surface area contributed by atoms with Gasteiger partial charge in [-0.1, -0.05) is 18.6 Å². The molecule has 18 heavy (non-hydrogen) atoms. The average Bonchev–Trinajstić information content (AvgIpc) is 2.28. The molecule has 0 saturated heterocycles. The molecule has 0 aliphatic rings. The zero-order valence-electron chi connectivity index (χ0n) is 11.6. The zero-order chi connectivity index (χ0) is 13.5. The number of benzene rings is 1. The van der Waals surface area contributed by atoms with Gasteiger partial charge in [-0.15, -0.1) is 0 Å². The van der Waals surface area contributed by atoms with E-state index in [9.17, 15) is 4.39 Å². The van der Waals surface area contributed by atoms with Crippen molar-refractivity contribution in [3.63, 3.8) is 0 Å². The van der Waals surface area contributed by atoms with E-state index in [1.807, 2.05) is 39.8 Å². The van der Waals surface area contributed by atoms with Crippen LogP contribution >= 0.6 is 0 Å². The fourth-order valence-electron chi connectivity index (χ4n) is 1.67. The van der Waals surface area contributed by atoms with E-state index in [2.05, 4.69) is 5.32 Å². The predicted octanol–water partition coefficient (Wildman–Crippen LogP) is 3.84. The van der Waals surface area contributed by atoms with Gasteiger partial charge in [-0.05, 0) is 39.5 Å². The fourth-order valence-corrected chi connectivity index (χ4v) is 1.67. The third-order valence-corrected chi connectivity index (χ3v) is 2.69. The lowest BCUT2D eigenvalue weighted by molar-refractivity contribution is 0.359. The minimum absolute atomic E-state index is 0.0156. The highest BCUT2D eigenvalue weighted by Gasteiger charge is 2.10. The van der Waals surface area contributed by atoms with E-state index in [1.165, 1.54) is 11.6 Å². The Kier molecular flexibility index (Phi) is 5.86. The number of ether oxygens (including phenoxy) is 1. The van der Waals surface area contributed by atoms with Gasteiger partial charge < -0.3 is 10.1 Å². The molecule has 1 aromatic carbocycles. The van der Waals surface area contributed by atoms with Gasteiger partial charge in [0.1, 0.15) is 18.2 Å². The van der Waals surface area contributed by atoms with Crippen LogP contribution in [0.5, 0.6) is 5.75 Å². The molecule has 100 valence electrons. The lowest BCUT2D eigenvalue weighted by atomic mass is 10.1. The molecule has 0 aliphatic carbocycles. The van der Waals surface area contributed by atoms with Crippen LogP contribution in [0.4, 0.5) is 4.39 Å². The van der Waals surface area contributed by atoms with Crippen molar-refractivity contribution >= 4 is 0 Å². The number of hydrogen-bond acceptors (Lipinski definition) is 2. The number of halogens is 1. The third-order valence-electron chi connectivity index (χ3n) is 2.69. The molecule has 2 nitrogen and oxygen atoms in total. The van der Waals surface area contributed by atoms with Crippen LogP contribution in [0.3, 0.4) is 0 Å². The number of nitrogens with one attached hydrogen (secondary N) is 1. The minimum atomic E-state index is -0.224. The van der Waals surface area contributed by atoms with Gasteiger partial charge in [-0.3, -0.25) is 0 Å². The first-order valence-electron chi connectivity index (χ1n) is 6.33. The van der Waals surface area contributed by atoms with Crippen molar-refractivity contribution in [1.82, 2.24) is 5.32 Å². The number of allylic oxidation sites excluding steroid dienone is 1. The highest BCUT2D eigenvalue weighted by atomic mass is 19.1. The Morgan fingerprint density at radius 1 is 1.44 bits per heavy atom. The van der Waals surface area contributed by atoms with Crippen LogP contribution < -0.4 is 10.1 Å². The average molecular weight is 251 g/mol. The summed E-state index contributed by atoms with van der Waals surface area (Å²) in [5.41, 5.74) is 1.86. The van der Waals surface area contributed by atoms with Crippen LogP contribution in [0.2, 0.25) is 0 Å². The van der Waals surface area contributed by atoms with Crippen molar-refractivity contribution in [1.29, 1.82) is 0 Å². The van der Waals surface area contributed by atoms with Crippen LogP contribution in [0, 0.1) is 5.82 Å². The molecule has 1 N–H and O–H groups in total. The minimum Gasteiger partial charge on any atom is -0.489 e. The molecule has 0 radical (unpaired) electrons. The Balaban J connectivity index is 2.70. The molecule has 0 aliphatic heterocycles. The molecule has 1 atom stereocenters. The van der Waals surface area contributed by atoms with Crippen molar-refractivity contribution in [2.75, 3.05) is 13.2 Å². The molecule has 1 unspecified atom stereocenters. The molecular formula is C15H22FNO. The zero-order valence-corrected chi connectivity index (χ0v) is 11.6. The Morgan fingerprint density at radius 3 is 2.72 bits per heavy atom. The highest BCUT2D eigenvalue weighted by molar-refractivity contribution is 5.30. The van der Waals surface area contributed by atoms with Crippen LogP contribution in [-0.2, 0) is 0 Å². The van der Waals surface area contributed by atoms with E-state index >= 15 is 0 Å². The monoisotopic (exact) mass is 251 g/mol. The van der Waals surface area contributed by atoms with E-state index < -0.39 is 0 Å². The molecule has 0 saturated carbocycles. The molecule has 1 rings (SSSR count). The molecular weight excluding hydrogens is 229 g/mol. The predicted molar refractivity (Wildman–Crippen MR) is 73.4 cm³/mol. The maximum absolute atomic E-state index is 13.9. The first-order chi connectivity index (χ1) is 8.54. The highest BCUT2D eigenvalue weighted by Crippen LogP contribution is 2.21. The second-order valence-electron chi connectivity index (χ2n) is 4.56. The normalized spacial score (nSPS) is 12.1. The summed E-state index contributed by atoms with van der Waals surface area (Å²) in [6, 6.07) is 5.05. The summed E-state index contributed by atoms with van der Waals surface area (Å²) in [6.07, 6.45) is 1.97. The van der Waals surface area contributed by atoms with Gasteiger partial charge in [-0.2, -0.15) is 0 Å². The van der Waals surface area contributed by atoms with Crippen LogP contribution in [0.25, 0.3) is 0 Å². The van der Waals surface area contributed by atoms with Crippen molar-refractivity contribution < 1.29 is 9.13 Å². The van der Waals surface area contributed by atoms with Crippen molar-refractivity contribution in [2.45, 2.75) is 33.7 Å². The molecule has 0 fully saturated rings. The summed E-state index contributed by atoms with van der Waals surface area (Å²) >= 11 is 0. The summed E-state index contributed by atoms with van der Waals surface area (Å²) in [5.74, 6) is 0.343. The molecule has 0 heterocycles. The topological polar surface area (TPSA) is 21.3 Å². The smallest absolute Gasteiger partial charge is 0.131 e. The van der Waals surface area contributed by atoms with Gasteiger partial charge in [-0.25, -0.2) is 4.39 Å². The fraction of sp³-hybridized carbons (Fsp3) is 0.467. The van der Waals surface area contributed by atoms with Crippen LogP contribution in [0.1, 0.15) is 39.3 Å². The van der Waals surface area contributed by atoms with Gasteiger partial charge in [0.2, 0.25) is 0 Å². The van der Waals surface area contributed by atoms with Crippen LogP contribution in [0.15, 0.2) is 29.8 Å². The number of hydrogen-bond donors (Lipinski definition) is 1. The van der Waals surface area contributed by atoms with Gasteiger partial charge >= 0.3 is 0 Å². The van der Waals surface area contributed by atoms with Gasteiger partial charge in [0.25, 0.3) is 0 Å². The van der Waals surface area contributed by atoms with Gasteiger partial charge in [0.15, 0.2) is 0 Å². The van der Waals surface area contributed by atoms with Gasteiger partial charge in [0.05, 0.1) is 0 Å². The Hall–Kier alpha value is -1.35. The quantitative estimate of drug-likeness (QED) is 0.776. The second kappa shape index (κ2) is 7.17. The standard InChI is InChI=1S/C15H22FNO/c1-5-17-12(4)14-7-6-13(10-15(14)16)18-9-8-11(2)3/h6-8,10,12,17H,5,9H2,1-4H3. The van der Waals surface area contributed by atoms with E-state index in [0.717, 1.165) is 6.54 Å². The summed E-state index contributed by atoms with van der Waals surface area (Å²) in [6.45, 7) is 9.26. The van der Waals surface area contributed by atoms with Crippen LogP contribution in [-0.4, -0.2) is 13.2 Å². The van der Waals surface area contributed by atoms with E-state index in [0.29, 0.717) is 17.9 Å². The van der Waals surface area contributed by atoms with Crippen molar-refractivity contribution in [2.24, 2.45) is 0 Å². The van der Waals surface area contributed by atoms with Crippen molar-refractivity contribution in [3.8, 4) is 5.75 Å². The molecule has 0 amide bonds. The third kappa shape index (κ3) is 4.49. The largest absolute Gasteiger partial charge is 0.489 e. The molecule has 3 heteroatoms. The summed E-state index contributed by atoms with van der Waals surface area (Å²) < 4.78 is 19.3. The molecule has 0 aromatic heterocycles. The Morgan fingerprint density at radius 2 is 2.17 bits per heavy atom. The summed E-state index contributed by atoms with van der Waals surface area (Å²) in [4.78, 5) is 0. The maximum Gasteiger partial charge on any atom is 0.131 e. The van der Waals surface area contributed by atoms with E-state index in [4.69, 9.17) is 4.74 Å². The molecule has 0 spiro atoms. The number of rotatable bonds is 6. The lowest BCUT2D eigenvalue weighted by Crippen LogP contribution is -2.18. The SMILES string of the molecule is CCNC(C)c1ccc(OCC=C(C)C)cc1F. The first kappa shape index (κ1) is 14.7. The van der Waals surface area contributed by atoms with E-state index in [-0.39, 0.29) is 11.9 Å². The summed E-state index contributed by atoms with van der Waals surface area (Å²) in [5, 5.41) is 3.19. The maximum atomic E-state index is 13.9. The molecule has 0 bridgehead atoms. The summed E-state index contributed by atoms with van der Waals surface area (Å²) in [7, 11) is 0. The lowest BCUT2D eigenvalue weighted by Gasteiger charge is -2.14. The first-order valence-corrected chi connectivity index (χ1v) is 6.33. The van der Waals surface area contributed by atoms with Gasteiger partial charge in [0, 0.05) is 17.7 Å². The second-order valence-corrected chi connectivity index (χ2v) is 4.56.